The van der Waals surface area contributed by atoms with Gasteiger partial charge in [-0.25, -0.2) is 9.89 Å². The number of carbonyl (C=O) groups is 2. The number of H-pyrrole nitrogens is 1. The number of benzene rings is 1. The van der Waals surface area contributed by atoms with Gasteiger partial charge in [0.15, 0.2) is 5.75 Å². The van der Waals surface area contributed by atoms with Crippen LogP contribution in [0.2, 0.25) is 10.0 Å². The van der Waals surface area contributed by atoms with Gasteiger partial charge >= 0.3 is 6.09 Å². The molecule has 0 fully saturated rings. The van der Waals surface area contributed by atoms with Crippen molar-refractivity contribution in [2.24, 2.45) is 5.10 Å². The van der Waals surface area contributed by atoms with E-state index < -0.39 is 17.7 Å². The number of hydrogen-bond donors (Lipinski definition) is 3. The molecule has 1 aromatic carbocycles. The van der Waals surface area contributed by atoms with Crippen molar-refractivity contribution in [1.82, 2.24) is 15.5 Å². The first-order valence-corrected chi connectivity index (χ1v) is 9.90. The Labute approximate surface area is 192 Å². The summed E-state index contributed by atoms with van der Waals surface area (Å²) in [5, 5.41) is 20.8. The molecule has 0 aliphatic rings. The van der Waals surface area contributed by atoms with Gasteiger partial charge in [0.2, 0.25) is 11.6 Å². The zero-order chi connectivity index (χ0) is 23.8. The van der Waals surface area contributed by atoms with E-state index in [1.54, 1.807) is 13.0 Å². The SMILES string of the molecule is CCOC(=O)NC(=O)C(C#N)=NNc1cc(Cl)c(Oc2cc(C(C)C)c(=O)[nH]n2)c(Cl)c1. The number of ether oxygens (including phenoxy) is 2. The second-order valence-corrected chi connectivity index (χ2v) is 7.19. The number of hydrazone groups is 1. The van der Waals surface area contributed by atoms with Crippen LogP contribution < -0.4 is 21.0 Å². The minimum absolute atomic E-state index is 0.0508. The molecular formula is C19H18Cl2N6O5. The monoisotopic (exact) mass is 480 g/mol. The first kappa shape index (κ1) is 24.6. The van der Waals surface area contributed by atoms with E-state index in [9.17, 15) is 14.4 Å². The molecule has 0 radical (unpaired) electrons. The zero-order valence-electron chi connectivity index (χ0n) is 17.2. The molecule has 1 aromatic heterocycles. The summed E-state index contributed by atoms with van der Waals surface area (Å²) in [5.41, 5.74) is 2.18. The van der Waals surface area contributed by atoms with Crippen LogP contribution in [-0.4, -0.2) is 34.5 Å². The van der Waals surface area contributed by atoms with E-state index in [4.69, 9.17) is 33.2 Å². The van der Waals surface area contributed by atoms with E-state index in [0.717, 1.165) is 0 Å². The highest BCUT2D eigenvalue weighted by Crippen LogP contribution is 2.38. The van der Waals surface area contributed by atoms with Crippen LogP contribution >= 0.6 is 23.2 Å². The van der Waals surface area contributed by atoms with Crippen molar-refractivity contribution in [3.8, 4) is 17.7 Å². The van der Waals surface area contributed by atoms with Gasteiger partial charge in [-0.3, -0.25) is 20.3 Å². The van der Waals surface area contributed by atoms with Crippen LogP contribution in [0.15, 0.2) is 28.1 Å². The lowest BCUT2D eigenvalue weighted by Crippen LogP contribution is -2.36. The zero-order valence-corrected chi connectivity index (χ0v) is 18.7. The van der Waals surface area contributed by atoms with Gasteiger partial charge < -0.3 is 9.47 Å². The second kappa shape index (κ2) is 11.1. The van der Waals surface area contributed by atoms with Crippen LogP contribution in [0.25, 0.3) is 0 Å². The summed E-state index contributed by atoms with van der Waals surface area (Å²) in [5.74, 6) is -0.966. The van der Waals surface area contributed by atoms with E-state index in [-0.39, 0.29) is 45.4 Å². The number of aromatic nitrogens is 2. The first-order valence-electron chi connectivity index (χ1n) is 9.14. The Kier molecular flexibility index (Phi) is 8.57. The molecule has 13 heteroatoms. The molecule has 0 spiro atoms. The molecule has 2 aromatic rings. The van der Waals surface area contributed by atoms with Crippen LogP contribution in [0.5, 0.6) is 11.6 Å². The molecule has 2 rings (SSSR count). The molecule has 3 N–H and O–H groups in total. The summed E-state index contributed by atoms with van der Waals surface area (Å²) in [4.78, 5) is 35.0. The predicted molar refractivity (Wildman–Crippen MR) is 117 cm³/mol. The highest BCUT2D eigenvalue weighted by molar-refractivity contribution is 6.47. The summed E-state index contributed by atoms with van der Waals surface area (Å²) < 4.78 is 10.2. The summed E-state index contributed by atoms with van der Waals surface area (Å²) >= 11 is 12.5. The number of rotatable bonds is 7. The number of hydrogen-bond acceptors (Lipinski definition) is 9. The van der Waals surface area contributed by atoms with Crippen molar-refractivity contribution in [3.05, 3.63) is 44.2 Å². The van der Waals surface area contributed by atoms with E-state index in [1.165, 1.54) is 18.2 Å². The fourth-order valence-electron chi connectivity index (χ4n) is 2.27. The maximum atomic E-state index is 11.9. The van der Waals surface area contributed by atoms with Gasteiger partial charge in [0.25, 0.3) is 11.5 Å². The molecular weight excluding hydrogens is 463 g/mol. The third kappa shape index (κ3) is 6.44. The van der Waals surface area contributed by atoms with Crippen molar-refractivity contribution >= 4 is 46.6 Å². The molecule has 0 unspecified atom stereocenters. The van der Waals surface area contributed by atoms with Crippen molar-refractivity contribution in [3.63, 3.8) is 0 Å². The number of carbonyl (C=O) groups excluding carboxylic acids is 2. The van der Waals surface area contributed by atoms with Gasteiger partial charge in [0, 0.05) is 11.6 Å². The average Bonchev–Trinajstić information content (AvgIpc) is 2.72. The number of imide groups is 1. The Bertz CT molecular complexity index is 1130. The van der Waals surface area contributed by atoms with Gasteiger partial charge in [0.05, 0.1) is 22.3 Å². The Hall–Kier alpha value is -3.62. The fraction of sp³-hybridized carbons (Fsp3) is 0.263. The van der Waals surface area contributed by atoms with Crippen LogP contribution in [0.1, 0.15) is 32.3 Å². The minimum atomic E-state index is -1.05. The Morgan fingerprint density at radius 3 is 2.50 bits per heavy atom. The van der Waals surface area contributed by atoms with Gasteiger partial charge in [-0.15, -0.1) is 5.10 Å². The molecule has 0 atom stereocenters. The van der Waals surface area contributed by atoms with E-state index in [2.05, 4.69) is 25.5 Å². The molecule has 0 aliphatic heterocycles. The number of amides is 2. The molecule has 0 saturated carbocycles. The third-order valence-corrected chi connectivity index (χ3v) is 4.31. The predicted octanol–water partition coefficient (Wildman–Crippen LogP) is 3.56. The van der Waals surface area contributed by atoms with Crippen LogP contribution in [0.3, 0.4) is 0 Å². The van der Waals surface area contributed by atoms with E-state index in [1.807, 2.05) is 19.2 Å². The van der Waals surface area contributed by atoms with E-state index in [0.29, 0.717) is 5.56 Å². The number of halogens is 2. The molecule has 0 saturated heterocycles. The fourth-order valence-corrected chi connectivity index (χ4v) is 2.84. The highest BCUT2D eigenvalue weighted by atomic mass is 35.5. The molecule has 1 heterocycles. The highest BCUT2D eigenvalue weighted by Gasteiger charge is 2.17. The number of aromatic amines is 1. The summed E-state index contributed by atoms with van der Waals surface area (Å²) in [6.07, 6.45) is -1.01. The maximum absolute atomic E-state index is 11.9. The van der Waals surface area contributed by atoms with Crippen LogP contribution in [0, 0.1) is 11.3 Å². The number of nitrogens with one attached hydrogen (secondary N) is 3. The Morgan fingerprint density at radius 2 is 1.94 bits per heavy atom. The normalized spacial score (nSPS) is 11.0. The topological polar surface area (TPSA) is 159 Å². The summed E-state index contributed by atoms with van der Waals surface area (Å²) in [6.45, 7) is 5.30. The molecule has 32 heavy (non-hydrogen) atoms. The lowest BCUT2D eigenvalue weighted by Gasteiger charge is -2.12. The maximum Gasteiger partial charge on any atom is 0.414 e. The lowest BCUT2D eigenvalue weighted by atomic mass is 10.1. The quantitative estimate of drug-likeness (QED) is 0.400. The van der Waals surface area contributed by atoms with Gasteiger partial charge in [-0.2, -0.15) is 10.4 Å². The van der Waals surface area contributed by atoms with Crippen molar-refractivity contribution < 1.29 is 19.1 Å². The van der Waals surface area contributed by atoms with Crippen LogP contribution in [-0.2, 0) is 9.53 Å². The van der Waals surface area contributed by atoms with Crippen molar-refractivity contribution in [2.45, 2.75) is 26.7 Å². The smallest absolute Gasteiger partial charge is 0.414 e. The van der Waals surface area contributed by atoms with Crippen molar-refractivity contribution in [1.29, 1.82) is 5.26 Å². The summed E-state index contributed by atoms with van der Waals surface area (Å²) in [6, 6.07) is 5.78. The molecule has 0 aliphatic carbocycles. The van der Waals surface area contributed by atoms with Gasteiger partial charge in [-0.05, 0) is 25.0 Å². The molecule has 2 amide bonds. The number of anilines is 1. The Morgan fingerprint density at radius 1 is 1.28 bits per heavy atom. The van der Waals surface area contributed by atoms with E-state index >= 15 is 0 Å². The number of alkyl carbamates (subject to hydrolysis) is 1. The van der Waals surface area contributed by atoms with Gasteiger partial charge in [-0.1, -0.05) is 37.0 Å². The average molecular weight is 481 g/mol. The van der Waals surface area contributed by atoms with Crippen molar-refractivity contribution in [2.75, 3.05) is 12.0 Å². The second-order valence-electron chi connectivity index (χ2n) is 6.38. The molecule has 0 bridgehead atoms. The van der Waals surface area contributed by atoms with Crippen LogP contribution in [0.4, 0.5) is 10.5 Å². The third-order valence-electron chi connectivity index (χ3n) is 3.74. The first-order chi connectivity index (χ1) is 15.2. The minimum Gasteiger partial charge on any atom is -0.450 e. The molecule has 11 nitrogen and oxygen atoms in total. The number of nitriles is 1. The molecule has 168 valence electrons. The summed E-state index contributed by atoms with van der Waals surface area (Å²) in [7, 11) is 0. The Balaban J connectivity index is 2.20. The number of nitrogens with zero attached hydrogens (tertiary/aromatic N) is 3. The largest absolute Gasteiger partial charge is 0.450 e. The van der Waals surface area contributed by atoms with Gasteiger partial charge in [0.1, 0.15) is 6.07 Å². The lowest BCUT2D eigenvalue weighted by molar-refractivity contribution is -0.114. The standard InChI is InChI=1S/C19H18Cl2N6O5/c1-4-31-19(30)23-18(29)14(8-22)25-24-10-5-12(20)16(13(21)6-10)32-15-7-11(9(2)3)17(28)27-26-15/h5-7,9,24H,4H2,1-3H3,(H,27,28)(H,23,29,30).